The van der Waals surface area contributed by atoms with Gasteiger partial charge in [0.25, 0.3) is 0 Å². The van der Waals surface area contributed by atoms with Crippen LogP contribution in [0.15, 0.2) is 24.3 Å². The lowest BCUT2D eigenvalue weighted by atomic mass is 9.96. The Bertz CT molecular complexity index is 1910. The van der Waals surface area contributed by atoms with Crippen LogP contribution in [0.25, 0.3) is 0 Å². The molecule has 2 fully saturated rings. The lowest BCUT2D eigenvalue weighted by molar-refractivity contribution is -0.141. The molecule has 25 heteroatoms. The second kappa shape index (κ2) is 24.7. The predicted molar refractivity (Wildman–Crippen MR) is 222 cm³/mol. The van der Waals surface area contributed by atoms with Gasteiger partial charge in [-0.3, -0.25) is 52.7 Å². The van der Waals surface area contributed by atoms with Gasteiger partial charge in [0.1, 0.15) is 42.0 Å². The lowest BCUT2D eigenvalue weighted by Crippen LogP contribution is -2.62. The van der Waals surface area contributed by atoms with Gasteiger partial charge in [-0.1, -0.05) is 32.4 Å². The fourth-order valence-electron chi connectivity index (χ4n) is 6.44. The van der Waals surface area contributed by atoms with E-state index in [1.165, 1.54) is 24.3 Å². The van der Waals surface area contributed by atoms with Crippen molar-refractivity contribution in [3.05, 3.63) is 29.8 Å². The third-order valence-electron chi connectivity index (χ3n) is 10.3. The van der Waals surface area contributed by atoms with Gasteiger partial charge in [-0.2, -0.15) is 0 Å². The number of rotatable bonds is 18. The third kappa shape index (κ3) is 16.8. The predicted octanol–water partition coefficient (Wildman–Crippen LogP) is -6.78. The molecule has 3 rings (SSSR count). The zero-order valence-corrected chi connectivity index (χ0v) is 35.5. The van der Waals surface area contributed by atoms with Crippen LogP contribution < -0.4 is 59.7 Å². The summed E-state index contributed by atoms with van der Waals surface area (Å²) in [6.07, 6.45) is -0.608. The first-order valence-corrected chi connectivity index (χ1v) is 20.6. The monoisotopic (exact) mass is 902 g/mol. The van der Waals surface area contributed by atoms with Crippen molar-refractivity contribution in [2.75, 3.05) is 32.8 Å². The van der Waals surface area contributed by atoms with E-state index in [2.05, 4.69) is 42.5 Å². The zero-order chi connectivity index (χ0) is 47.7. The molecule has 0 bridgehead atoms. The molecule has 7 atom stereocenters. The Morgan fingerprint density at radius 3 is 2.02 bits per heavy atom. The normalized spacial score (nSPS) is 22.3. The molecule has 1 aromatic rings. The largest absolute Gasteiger partial charge is 0.508 e. The molecule has 1 saturated heterocycles. The van der Waals surface area contributed by atoms with Gasteiger partial charge in [-0.25, -0.2) is 0 Å². The number of hydrogen-bond donors (Lipinski definition) is 13. The molecule has 1 aliphatic heterocycles. The summed E-state index contributed by atoms with van der Waals surface area (Å²) in [4.78, 5) is 145. The van der Waals surface area contributed by atoms with Gasteiger partial charge < -0.3 is 74.8 Å². The maximum absolute atomic E-state index is 14.3. The van der Waals surface area contributed by atoms with E-state index in [1.54, 1.807) is 13.8 Å². The maximum Gasteiger partial charge on any atom is 0.247 e. The molecule has 0 spiro atoms. The fourth-order valence-corrected chi connectivity index (χ4v) is 6.44. The van der Waals surface area contributed by atoms with Crippen LogP contribution in [0.5, 0.6) is 5.75 Å². The number of aliphatic hydroxyl groups excluding tert-OH is 1. The molecule has 1 heterocycles. The van der Waals surface area contributed by atoms with Gasteiger partial charge >= 0.3 is 0 Å². The second-order valence-corrected chi connectivity index (χ2v) is 15.5. The highest BCUT2D eigenvalue weighted by atomic mass is 16.3. The summed E-state index contributed by atoms with van der Waals surface area (Å²) in [5, 5.41) is 39.2. The fraction of sp³-hybridized carbons (Fsp3) is 0.564. The number of primary amides is 3. The Kier molecular flexibility index (Phi) is 19.8. The molecule has 0 aromatic heterocycles. The van der Waals surface area contributed by atoms with Crippen molar-refractivity contribution >= 4 is 65.0 Å². The third-order valence-corrected chi connectivity index (χ3v) is 10.3. The average molecular weight is 903 g/mol. The molecular weight excluding hydrogens is 844 g/mol. The first kappa shape index (κ1) is 51.5. The highest BCUT2D eigenvalue weighted by Gasteiger charge is 2.40. The summed E-state index contributed by atoms with van der Waals surface area (Å²) in [7, 11) is 0. The minimum Gasteiger partial charge on any atom is -0.508 e. The van der Waals surface area contributed by atoms with Crippen molar-refractivity contribution < 1.29 is 63.0 Å². The molecule has 1 saturated carbocycles. The highest BCUT2D eigenvalue weighted by Crippen LogP contribution is 2.27. The van der Waals surface area contributed by atoms with E-state index in [4.69, 9.17) is 17.2 Å². The summed E-state index contributed by atoms with van der Waals surface area (Å²) in [5.74, 6) is -10.9. The molecule has 0 radical (unpaired) electrons. The number of hydrogen-bond acceptors (Lipinski definition) is 14. The van der Waals surface area contributed by atoms with Gasteiger partial charge in [0, 0.05) is 25.4 Å². The van der Waals surface area contributed by atoms with E-state index in [0.29, 0.717) is 24.8 Å². The summed E-state index contributed by atoms with van der Waals surface area (Å²) < 4.78 is 0. The summed E-state index contributed by atoms with van der Waals surface area (Å²) in [6.45, 7) is 0.111. The average Bonchev–Trinajstić information content (AvgIpc) is 4.08. The summed E-state index contributed by atoms with van der Waals surface area (Å²) >= 11 is 0. The van der Waals surface area contributed by atoms with Gasteiger partial charge in [-0.15, -0.1) is 0 Å². The van der Waals surface area contributed by atoms with Crippen molar-refractivity contribution in [1.82, 2.24) is 47.4 Å². The van der Waals surface area contributed by atoms with Gasteiger partial charge in [0.15, 0.2) is 0 Å². The number of aliphatic hydroxyl groups is 1. The number of amides is 11. The minimum absolute atomic E-state index is 0.0635. The van der Waals surface area contributed by atoms with Crippen molar-refractivity contribution in [3.63, 3.8) is 0 Å². The molecule has 16 N–H and O–H groups in total. The van der Waals surface area contributed by atoms with Crippen LogP contribution in [0.4, 0.5) is 0 Å². The Balaban J connectivity index is 2.03. The van der Waals surface area contributed by atoms with E-state index in [-0.39, 0.29) is 12.2 Å². The van der Waals surface area contributed by atoms with E-state index >= 15 is 0 Å². The number of nitrogens with two attached hydrogens (primary N) is 3. The maximum atomic E-state index is 14.3. The summed E-state index contributed by atoms with van der Waals surface area (Å²) in [6, 6.07) is -3.97. The quantitative estimate of drug-likeness (QED) is 0.0652. The van der Waals surface area contributed by atoms with Crippen molar-refractivity contribution in [1.29, 1.82) is 0 Å². The van der Waals surface area contributed by atoms with Crippen LogP contribution in [0.2, 0.25) is 0 Å². The molecule has 25 nitrogen and oxygen atoms in total. The van der Waals surface area contributed by atoms with E-state index < -0.39 is 165 Å². The van der Waals surface area contributed by atoms with Crippen molar-refractivity contribution in [2.24, 2.45) is 23.1 Å². The summed E-state index contributed by atoms with van der Waals surface area (Å²) in [5.41, 5.74) is 16.3. The van der Waals surface area contributed by atoms with Crippen molar-refractivity contribution in [3.8, 4) is 5.75 Å². The van der Waals surface area contributed by atoms with Crippen LogP contribution >= 0.6 is 0 Å². The SMILES string of the molecule is CC[C@H](C)[C@@H]1NC(=O)[C@H](Cc2ccc(O)cc2)NC(=O)CNC[C@@H](C(=O)N(CC(=O)N[C@@H](CO)C(=O)NCC(N)=O)C2CC2)NC(=O)[C@H](CC(N)=O)NC(=O)[C@H](CCC(N)=O)NC1=O. The van der Waals surface area contributed by atoms with Crippen LogP contribution in [-0.2, 0) is 59.2 Å². The Morgan fingerprint density at radius 1 is 0.812 bits per heavy atom. The number of benzene rings is 1. The molecule has 0 unspecified atom stereocenters. The van der Waals surface area contributed by atoms with E-state index in [0.717, 1.165) is 4.90 Å². The van der Waals surface area contributed by atoms with Crippen LogP contribution in [0.3, 0.4) is 0 Å². The standard InChI is InChI=1S/C39H58N12O13/c1-3-19(2)33-38(63)47-23(10-11-28(40)54)35(60)48-25(13-29(41)55)36(61)49-26(14-43-16-31(57)45-24(37(62)50-33)12-20-4-8-22(53)9-5-20)39(64)51(21-6-7-21)17-32(58)46-27(18-52)34(59)44-15-30(42)56/h4-5,8-9,19,21,23-27,33,43,52-53H,3,6-7,10-18H2,1-2H3,(H2,40,54)(H2,41,55)(H2,42,56)(H,44,59)(H,45,57)(H,46,58)(H,47,63)(H,48,60)(H,49,61)(H,50,62)/t19-,23-,24-,25-,26-,27-,33-/m0/s1. The van der Waals surface area contributed by atoms with Gasteiger partial charge in [-0.05, 0) is 42.9 Å². The number of nitrogens with zero attached hydrogens (tertiary/aromatic N) is 1. The second-order valence-electron chi connectivity index (χ2n) is 15.5. The van der Waals surface area contributed by atoms with E-state index in [1.807, 2.05) is 0 Å². The van der Waals surface area contributed by atoms with Crippen LogP contribution in [0, 0.1) is 5.92 Å². The number of aromatic hydroxyl groups is 1. The molecular formula is C39H58N12O13. The molecule has 1 aliphatic carbocycles. The Morgan fingerprint density at radius 2 is 1.44 bits per heavy atom. The smallest absolute Gasteiger partial charge is 0.247 e. The van der Waals surface area contributed by atoms with E-state index in [9.17, 15) is 63.0 Å². The number of carbonyl (C=O) groups is 11. The number of carbonyl (C=O) groups excluding carboxylic acids is 11. The number of nitrogens with one attached hydrogen (secondary N) is 8. The molecule has 1 aromatic carbocycles. The minimum atomic E-state index is -1.79. The number of phenolic OH excluding ortho intramolecular Hbond substituents is 1. The lowest BCUT2D eigenvalue weighted by Gasteiger charge is -2.31. The number of phenols is 1. The molecule has 352 valence electrons. The first-order chi connectivity index (χ1) is 30.2. The van der Waals surface area contributed by atoms with Crippen LogP contribution in [0.1, 0.15) is 57.9 Å². The van der Waals surface area contributed by atoms with Crippen LogP contribution in [-0.4, -0.2) is 155 Å². The Hall–Kier alpha value is -6.89. The van der Waals surface area contributed by atoms with Gasteiger partial charge in [0.05, 0.1) is 32.7 Å². The first-order valence-electron chi connectivity index (χ1n) is 20.6. The topological polar surface area (TPSA) is 406 Å². The highest BCUT2D eigenvalue weighted by molar-refractivity contribution is 5.99. The van der Waals surface area contributed by atoms with Crippen molar-refractivity contribution in [2.45, 2.75) is 101 Å². The Labute approximate surface area is 367 Å². The molecule has 2 aliphatic rings. The molecule has 64 heavy (non-hydrogen) atoms. The molecule has 11 amide bonds. The van der Waals surface area contributed by atoms with Gasteiger partial charge in [0.2, 0.25) is 65.0 Å². The zero-order valence-electron chi connectivity index (χ0n) is 35.5.